The summed E-state index contributed by atoms with van der Waals surface area (Å²) in [7, 11) is 3.54. The molecule has 0 saturated carbocycles. The van der Waals surface area contributed by atoms with Gasteiger partial charge in [0.15, 0.2) is 11.3 Å². The van der Waals surface area contributed by atoms with Crippen LogP contribution in [0.2, 0.25) is 0 Å². The minimum Gasteiger partial charge on any atom is -0.391 e. The normalized spacial score (nSPS) is 30.8. The second kappa shape index (κ2) is 8.88. The summed E-state index contributed by atoms with van der Waals surface area (Å²) in [6.45, 7) is -0.615. The van der Waals surface area contributed by atoms with Crippen LogP contribution in [-0.2, 0) is 9.47 Å². The van der Waals surface area contributed by atoms with E-state index in [9.17, 15) is 22.7 Å². The number of hydrogen-bond donors (Lipinski definition) is 1. The Morgan fingerprint density at radius 1 is 1.36 bits per heavy atom. The molecule has 0 aromatic carbocycles. The van der Waals surface area contributed by atoms with E-state index < -0.39 is 42.6 Å². The van der Waals surface area contributed by atoms with Crippen LogP contribution in [0, 0.1) is 0 Å². The van der Waals surface area contributed by atoms with Crippen molar-refractivity contribution >= 4 is 16.9 Å². The van der Waals surface area contributed by atoms with E-state index in [1.165, 1.54) is 11.8 Å². The van der Waals surface area contributed by atoms with Gasteiger partial charge in [0.05, 0.1) is 18.9 Å². The molecule has 1 fully saturated rings. The molecule has 5 atom stereocenters. The molecule has 10 heteroatoms. The third-order valence-electron chi connectivity index (χ3n) is 4.06. The summed E-state index contributed by atoms with van der Waals surface area (Å²) in [5, 5.41) is 10.8. The van der Waals surface area contributed by atoms with Gasteiger partial charge < -0.3 is 19.5 Å². The molecule has 0 unspecified atom stereocenters. The summed E-state index contributed by atoms with van der Waals surface area (Å²) < 4.78 is 62.7. The van der Waals surface area contributed by atoms with Crippen molar-refractivity contribution in [2.75, 3.05) is 27.4 Å². The van der Waals surface area contributed by atoms with Gasteiger partial charge in [-0.1, -0.05) is 11.8 Å². The number of unbranched alkanes of at least 4 members (excludes halogenated alkanes) is 2. The van der Waals surface area contributed by atoms with Gasteiger partial charge >= 0.3 is 6.18 Å². The number of ether oxygens (including phenoxy) is 2. The van der Waals surface area contributed by atoms with Crippen LogP contribution >= 0.6 is 11.8 Å². The Balaban J connectivity index is 1.97. The van der Waals surface area contributed by atoms with Gasteiger partial charge in [-0.25, -0.2) is 0 Å². The third kappa shape index (κ3) is 5.45. The van der Waals surface area contributed by atoms with E-state index >= 15 is 0 Å². The topological polar surface area (TPSA) is 54.3 Å². The molecule has 2 rings (SSSR count). The van der Waals surface area contributed by atoms with Gasteiger partial charge in [0.1, 0.15) is 11.5 Å². The van der Waals surface area contributed by atoms with Crippen molar-refractivity contribution in [1.29, 1.82) is 0 Å². The zero-order valence-electron chi connectivity index (χ0n) is 14.2. The minimum absolute atomic E-state index is 0.124. The number of aliphatic hydroxyl groups excluding tert-OH is 1. The average Bonchev–Trinajstić information content (AvgIpc) is 2.94. The molecule has 0 amide bonds. The Hall–Kier alpha value is -0.580. The van der Waals surface area contributed by atoms with Crippen LogP contribution in [0.5, 0.6) is 0 Å². The van der Waals surface area contributed by atoms with Crippen molar-refractivity contribution in [3.05, 3.63) is 0 Å². The molecular weight excluding hydrogens is 364 g/mol. The number of amidine groups is 1. The van der Waals surface area contributed by atoms with E-state index in [4.69, 9.17) is 9.47 Å². The molecule has 2 aliphatic heterocycles. The molecule has 2 aliphatic rings. The van der Waals surface area contributed by atoms with Crippen LogP contribution in [0.3, 0.4) is 0 Å². The Bertz CT molecular complexity index is 465. The summed E-state index contributed by atoms with van der Waals surface area (Å²) in [5.74, 6) is 0. The van der Waals surface area contributed by atoms with Gasteiger partial charge in [0, 0.05) is 27.1 Å². The van der Waals surface area contributed by atoms with Crippen molar-refractivity contribution in [2.45, 2.75) is 61.6 Å². The van der Waals surface area contributed by atoms with Crippen LogP contribution in [0.25, 0.3) is 0 Å². The van der Waals surface area contributed by atoms with Crippen LogP contribution in [0.4, 0.5) is 17.6 Å². The predicted octanol–water partition coefficient (Wildman–Crippen LogP) is 2.58. The maximum Gasteiger partial charge on any atom is 0.417 e. The number of fused-ring (bicyclic) bond motifs is 1. The fourth-order valence-corrected chi connectivity index (χ4v) is 3.97. The molecule has 0 spiro atoms. The van der Waals surface area contributed by atoms with E-state index in [-0.39, 0.29) is 13.0 Å². The van der Waals surface area contributed by atoms with E-state index in [2.05, 4.69) is 4.99 Å². The Kier molecular flexibility index (Phi) is 7.36. The molecule has 0 radical (unpaired) electrons. The number of nitrogens with zero attached hydrogens (tertiary/aromatic N) is 2. The highest BCUT2D eigenvalue weighted by Crippen LogP contribution is 2.40. The van der Waals surface area contributed by atoms with Gasteiger partial charge in [0.25, 0.3) is 0 Å². The summed E-state index contributed by atoms with van der Waals surface area (Å²) in [4.78, 5) is 6.05. The lowest BCUT2D eigenvalue weighted by Crippen LogP contribution is -2.53. The number of alkyl halides is 4. The van der Waals surface area contributed by atoms with Gasteiger partial charge in [-0.2, -0.15) is 13.2 Å². The largest absolute Gasteiger partial charge is 0.417 e. The number of hydrogen-bond acceptors (Lipinski definition) is 6. The fourth-order valence-electron chi connectivity index (χ4n) is 2.79. The van der Waals surface area contributed by atoms with E-state index in [0.29, 0.717) is 24.4 Å². The number of rotatable bonds is 7. The number of aliphatic imine (C=N–C) groups is 1. The highest BCUT2D eigenvalue weighted by atomic mass is 32.2. The monoisotopic (exact) mass is 388 g/mol. The van der Waals surface area contributed by atoms with Gasteiger partial charge in [0.2, 0.25) is 0 Å². The van der Waals surface area contributed by atoms with Gasteiger partial charge in [-0.15, -0.1) is 0 Å². The first-order valence-electron chi connectivity index (χ1n) is 8.23. The first kappa shape index (κ1) is 20.7. The van der Waals surface area contributed by atoms with E-state index in [0.717, 1.165) is 0 Å². The molecular formula is C15H24F4N2O3S. The maximum atomic E-state index is 13.4. The molecule has 25 heavy (non-hydrogen) atoms. The van der Waals surface area contributed by atoms with E-state index in [1.807, 2.05) is 0 Å². The SMILES string of the molecule is CN(C)C1=N[C@H]2[C@H](O[C@H]([C@@H](OCCCCCF)C(F)(F)F)C[C@@H]2O)S1. The first-order valence-corrected chi connectivity index (χ1v) is 9.11. The number of thioether (sulfide) groups is 1. The van der Waals surface area contributed by atoms with Crippen LogP contribution in [0.1, 0.15) is 25.7 Å². The quantitative estimate of drug-likeness (QED) is 0.537. The van der Waals surface area contributed by atoms with Crippen molar-refractivity contribution in [2.24, 2.45) is 4.99 Å². The van der Waals surface area contributed by atoms with Crippen molar-refractivity contribution in [3.8, 4) is 0 Å². The fraction of sp³-hybridized carbons (Fsp3) is 0.933. The molecule has 1 saturated heterocycles. The summed E-state index contributed by atoms with van der Waals surface area (Å²) >= 11 is 1.20. The summed E-state index contributed by atoms with van der Waals surface area (Å²) in [5.41, 5.74) is -0.661. The molecule has 5 nitrogen and oxygen atoms in total. The molecule has 0 aromatic rings. The summed E-state index contributed by atoms with van der Waals surface area (Å²) in [6, 6.07) is -0.572. The molecule has 0 aliphatic carbocycles. The average molecular weight is 388 g/mol. The molecule has 2 heterocycles. The van der Waals surface area contributed by atoms with Crippen molar-refractivity contribution in [1.82, 2.24) is 4.90 Å². The molecule has 0 aromatic heterocycles. The zero-order chi connectivity index (χ0) is 18.6. The van der Waals surface area contributed by atoms with Crippen LogP contribution in [-0.4, -0.2) is 78.5 Å². The smallest absolute Gasteiger partial charge is 0.391 e. The van der Waals surface area contributed by atoms with Crippen LogP contribution in [0.15, 0.2) is 4.99 Å². The van der Waals surface area contributed by atoms with Crippen molar-refractivity contribution in [3.63, 3.8) is 0 Å². The van der Waals surface area contributed by atoms with Crippen molar-refractivity contribution < 1.29 is 32.1 Å². The number of aliphatic hydroxyl groups is 1. The lowest BCUT2D eigenvalue weighted by Gasteiger charge is -2.38. The Morgan fingerprint density at radius 2 is 2.08 bits per heavy atom. The second-order valence-electron chi connectivity index (χ2n) is 6.34. The molecule has 146 valence electrons. The third-order valence-corrected chi connectivity index (χ3v) is 5.36. The lowest BCUT2D eigenvalue weighted by atomic mass is 9.98. The van der Waals surface area contributed by atoms with Gasteiger partial charge in [-0.05, 0) is 19.3 Å². The first-order chi connectivity index (χ1) is 11.7. The minimum atomic E-state index is -4.61. The van der Waals surface area contributed by atoms with E-state index in [1.54, 1.807) is 19.0 Å². The Labute approximate surface area is 148 Å². The lowest BCUT2D eigenvalue weighted by molar-refractivity contribution is -0.265. The standard InChI is InChI=1S/C15H24F4N2O3S/c1-21(2)14-20-11-9(22)8-10(24-13(11)25-14)12(15(17,18)19)23-7-5-3-4-6-16/h9-13,22H,3-8H2,1-2H3/t9-,10-,11+,12+,13+/m0/s1. The molecule has 1 N–H and O–H groups in total. The second-order valence-corrected chi connectivity index (χ2v) is 7.41. The van der Waals surface area contributed by atoms with Crippen LogP contribution < -0.4 is 0 Å². The highest BCUT2D eigenvalue weighted by molar-refractivity contribution is 8.14. The predicted molar refractivity (Wildman–Crippen MR) is 87.4 cm³/mol. The van der Waals surface area contributed by atoms with Gasteiger partial charge in [-0.3, -0.25) is 9.38 Å². The maximum absolute atomic E-state index is 13.4. The molecule has 0 bridgehead atoms. The zero-order valence-corrected chi connectivity index (χ0v) is 15.0. The number of halogens is 4. The summed E-state index contributed by atoms with van der Waals surface area (Å²) in [6.07, 6.45) is -8.10. The highest BCUT2D eigenvalue weighted by Gasteiger charge is 2.52. The Morgan fingerprint density at radius 3 is 2.68 bits per heavy atom.